The number of rotatable bonds is 4. The van der Waals surface area contributed by atoms with Crippen LogP contribution in [0.5, 0.6) is 0 Å². The molecule has 2 aromatic heterocycles. The number of nitriles is 1. The number of aromatic nitrogens is 2. The highest BCUT2D eigenvalue weighted by molar-refractivity contribution is 5.99. The Morgan fingerprint density at radius 3 is 2.47 bits per heavy atom. The van der Waals surface area contributed by atoms with E-state index in [1.165, 1.54) is 0 Å². The predicted molar refractivity (Wildman–Crippen MR) is 125 cm³/mol. The summed E-state index contributed by atoms with van der Waals surface area (Å²) in [6.07, 6.45) is 1.70. The van der Waals surface area contributed by atoms with Gasteiger partial charge in [0.05, 0.1) is 5.56 Å². The Morgan fingerprint density at radius 2 is 1.69 bits per heavy atom. The van der Waals surface area contributed by atoms with Crippen LogP contribution in [0.2, 0.25) is 0 Å². The van der Waals surface area contributed by atoms with Crippen molar-refractivity contribution in [2.75, 3.05) is 31.1 Å². The molecule has 0 N–H and O–H groups in total. The fourth-order valence-corrected chi connectivity index (χ4v) is 4.34. The number of para-hydroxylation sites is 1. The fourth-order valence-electron chi connectivity index (χ4n) is 4.34. The van der Waals surface area contributed by atoms with Crippen LogP contribution in [0.1, 0.15) is 21.6 Å². The minimum atomic E-state index is 0.0401. The molecule has 1 aliphatic rings. The number of carbonyl (C=O) groups is 1. The van der Waals surface area contributed by atoms with Gasteiger partial charge in [-0.2, -0.15) is 5.26 Å². The molecule has 6 heteroatoms. The Balaban J connectivity index is 1.40. The third-order valence-electron chi connectivity index (χ3n) is 5.99. The maximum atomic E-state index is 13.6. The lowest BCUT2D eigenvalue weighted by Crippen LogP contribution is -2.49. The summed E-state index contributed by atoms with van der Waals surface area (Å²) < 4.78 is 2.12. The number of amides is 1. The highest BCUT2D eigenvalue weighted by Crippen LogP contribution is 2.24. The molecule has 32 heavy (non-hydrogen) atoms. The quantitative estimate of drug-likeness (QED) is 0.501. The number of nitrogens with zero attached hydrogens (tertiary/aromatic N) is 5. The second-order valence-electron chi connectivity index (χ2n) is 7.93. The van der Waals surface area contributed by atoms with Crippen molar-refractivity contribution in [2.24, 2.45) is 0 Å². The Bertz CT molecular complexity index is 1300. The maximum absolute atomic E-state index is 13.6. The highest BCUT2D eigenvalue weighted by Gasteiger charge is 2.26. The third kappa shape index (κ3) is 3.69. The summed E-state index contributed by atoms with van der Waals surface area (Å²) in [6, 6.07) is 26.1. The van der Waals surface area contributed by atoms with Crippen molar-refractivity contribution in [3.05, 3.63) is 95.8 Å². The number of hydrogen-bond donors (Lipinski definition) is 0. The van der Waals surface area contributed by atoms with Gasteiger partial charge in [-0.1, -0.05) is 48.5 Å². The van der Waals surface area contributed by atoms with Crippen molar-refractivity contribution in [2.45, 2.75) is 6.54 Å². The maximum Gasteiger partial charge on any atom is 0.270 e. The SMILES string of the molecule is N#Cc1cccnc1N1CCN(C(=O)c2cc3ccccc3n2Cc2ccccc2)CC1. The van der Waals surface area contributed by atoms with Crippen molar-refractivity contribution >= 4 is 22.6 Å². The number of benzene rings is 2. The molecule has 3 heterocycles. The van der Waals surface area contributed by atoms with Crippen LogP contribution in [0.4, 0.5) is 5.82 Å². The van der Waals surface area contributed by atoms with Crippen molar-refractivity contribution in [1.29, 1.82) is 5.26 Å². The Hall–Kier alpha value is -4.11. The number of hydrogen-bond acceptors (Lipinski definition) is 4. The van der Waals surface area contributed by atoms with E-state index in [0.717, 1.165) is 16.5 Å². The van der Waals surface area contributed by atoms with Gasteiger partial charge in [0, 0.05) is 49.8 Å². The van der Waals surface area contributed by atoms with Gasteiger partial charge in [0.1, 0.15) is 17.6 Å². The van der Waals surface area contributed by atoms with E-state index >= 15 is 0 Å². The molecule has 1 fully saturated rings. The number of carbonyl (C=O) groups excluding carboxylic acids is 1. The smallest absolute Gasteiger partial charge is 0.270 e. The molecule has 0 atom stereocenters. The van der Waals surface area contributed by atoms with Crippen LogP contribution in [0.3, 0.4) is 0 Å². The average Bonchev–Trinajstić information content (AvgIpc) is 3.22. The molecule has 0 unspecified atom stereocenters. The first-order valence-electron chi connectivity index (χ1n) is 10.8. The second kappa shape index (κ2) is 8.56. The molecule has 0 radical (unpaired) electrons. The number of anilines is 1. The molecular weight excluding hydrogens is 398 g/mol. The van der Waals surface area contributed by atoms with Gasteiger partial charge in [0.2, 0.25) is 0 Å². The summed E-state index contributed by atoms with van der Waals surface area (Å²) in [6.45, 7) is 3.13. The number of pyridine rings is 1. The standard InChI is InChI=1S/C26H23N5O/c27-18-22-10-6-12-28-25(22)29-13-15-30(16-14-29)26(32)24-17-21-9-4-5-11-23(21)31(24)19-20-7-2-1-3-8-20/h1-12,17H,13-16,19H2. The molecule has 0 spiro atoms. The molecule has 1 aliphatic heterocycles. The molecule has 1 saturated heterocycles. The van der Waals surface area contributed by atoms with Crippen LogP contribution >= 0.6 is 0 Å². The van der Waals surface area contributed by atoms with E-state index in [9.17, 15) is 10.1 Å². The molecule has 4 aromatic rings. The molecule has 2 aromatic carbocycles. The lowest BCUT2D eigenvalue weighted by atomic mass is 10.2. The lowest BCUT2D eigenvalue weighted by molar-refractivity contribution is 0.0736. The average molecular weight is 422 g/mol. The van der Waals surface area contributed by atoms with E-state index in [4.69, 9.17) is 0 Å². The monoisotopic (exact) mass is 421 g/mol. The van der Waals surface area contributed by atoms with Crippen molar-refractivity contribution in [3.63, 3.8) is 0 Å². The van der Waals surface area contributed by atoms with Gasteiger partial charge in [0.25, 0.3) is 5.91 Å². The first-order chi connectivity index (χ1) is 15.7. The molecule has 1 amide bonds. The van der Waals surface area contributed by atoms with Gasteiger partial charge in [0.15, 0.2) is 0 Å². The first kappa shape index (κ1) is 19.8. The summed E-state index contributed by atoms with van der Waals surface area (Å²) in [5.74, 6) is 0.735. The Kier molecular flexibility index (Phi) is 5.30. The molecule has 0 saturated carbocycles. The highest BCUT2D eigenvalue weighted by atomic mass is 16.2. The van der Waals surface area contributed by atoms with E-state index in [1.54, 1.807) is 18.3 Å². The van der Waals surface area contributed by atoms with Gasteiger partial charge in [-0.15, -0.1) is 0 Å². The summed E-state index contributed by atoms with van der Waals surface area (Å²) >= 11 is 0. The zero-order chi connectivity index (χ0) is 21.9. The topological polar surface area (TPSA) is 65.2 Å². The fraction of sp³-hybridized carbons (Fsp3) is 0.192. The molecular formula is C26H23N5O. The Morgan fingerprint density at radius 1 is 0.938 bits per heavy atom. The zero-order valence-electron chi connectivity index (χ0n) is 17.7. The van der Waals surface area contributed by atoms with Crippen LogP contribution in [0.15, 0.2) is 79.0 Å². The van der Waals surface area contributed by atoms with Gasteiger partial charge in [-0.3, -0.25) is 4.79 Å². The van der Waals surface area contributed by atoms with Crippen LogP contribution in [0, 0.1) is 11.3 Å². The zero-order valence-corrected chi connectivity index (χ0v) is 17.7. The summed E-state index contributed by atoms with van der Waals surface area (Å²) in [5.41, 5.74) is 3.49. The van der Waals surface area contributed by atoms with E-state index in [0.29, 0.717) is 49.8 Å². The molecule has 0 bridgehead atoms. The minimum Gasteiger partial charge on any atom is -0.352 e. The molecule has 158 valence electrons. The van der Waals surface area contributed by atoms with Crippen LogP contribution in [-0.2, 0) is 6.54 Å². The largest absolute Gasteiger partial charge is 0.352 e. The molecule has 5 rings (SSSR count). The molecule has 0 aliphatic carbocycles. The normalized spacial score (nSPS) is 13.8. The number of piperazine rings is 1. The summed E-state index contributed by atoms with van der Waals surface area (Å²) in [7, 11) is 0. The van der Waals surface area contributed by atoms with Crippen LogP contribution in [0.25, 0.3) is 10.9 Å². The second-order valence-corrected chi connectivity index (χ2v) is 7.93. The lowest BCUT2D eigenvalue weighted by Gasteiger charge is -2.35. The van der Waals surface area contributed by atoms with E-state index in [1.807, 2.05) is 41.3 Å². The molecule has 6 nitrogen and oxygen atoms in total. The predicted octanol–water partition coefficient (Wildman–Crippen LogP) is 3.92. The van der Waals surface area contributed by atoms with Crippen LogP contribution < -0.4 is 4.90 Å². The third-order valence-corrected chi connectivity index (χ3v) is 5.99. The van der Waals surface area contributed by atoms with Gasteiger partial charge < -0.3 is 14.4 Å². The van der Waals surface area contributed by atoms with E-state index in [2.05, 4.69) is 44.8 Å². The minimum absolute atomic E-state index is 0.0401. The number of fused-ring (bicyclic) bond motifs is 1. The van der Waals surface area contributed by atoms with Crippen molar-refractivity contribution in [3.8, 4) is 6.07 Å². The van der Waals surface area contributed by atoms with E-state index < -0.39 is 0 Å². The summed E-state index contributed by atoms with van der Waals surface area (Å²) in [4.78, 5) is 21.9. The summed E-state index contributed by atoms with van der Waals surface area (Å²) in [5, 5.41) is 10.4. The van der Waals surface area contributed by atoms with Gasteiger partial charge >= 0.3 is 0 Å². The van der Waals surface area contributed by atoms with Crippen LogP contribution in [-0.4, -0.2) is 46.5 Å². The van der Waals surface area contributed by atoms with Crippen molar-refractivity contribution < 1.29 is 4.79 Å². The van der Waals surface area contributed by atoms with Gasteiger partial charge in [-0.05, 0) is 29.8 Å². The van der Waals surface area contributed by atoms with Crippen molar-refractivity contribution in [1.82, 2.24) is 14.5 Å². The van der Waals surface area contributed by atoms with Gasteiger partial charge in [-0.25, -0.2) is 4.98 Å². The van der Waals surface area contributed by atoms with E-state index in [-0.39, 0.29) is 5.91 Å². The first-order valence-corrected chi connectivity index (χ1v) is 10.8. The Labute approximate surface area is 186 Å².